The molecule has 0 aliphatic carbocycles. The molecule has 2 N–H and O–H groups in total. The summed E-state index contributed by atoms with van der Waals surface area (Å²) in [6.45, 7) is 3.81. The van der Waals surface area contributed by atoms with E-state index < -0.39 is 5.82 Å². The predicted molar refractivity (Wildman–Crippen MR) is 117 cm³/mol. The molecule has 0 bridgehead atoms. The Morgan fingerprint density at radius 2 is 1.91 bits per heavy atom. The van der Waals surface area contributed by atoms with Crippen LogP contribution in [-0.2, 0) is 0 Å². The number of aryl methyl sites for hydroxylation is 2. The quantitative estimate of drug-likeness (QED) is 0.445. The standard InChI is InChI=1S/C22H16FN9/c1-11-3-5-24-7-13(11)14-8-26-20-16(17(14)23)19(30-31-20)21-28-15-4-6-25-22(18(15)29-21)32-9-12(2)27-10-32/h3-10H,1-2H3,(H,28,29)(H,26,30,31). The predicted octanol–water partition coefficient (Wildman–Crippen LogP) is 3.90. The summed E-state index contributed by atoms with van der Waals surface area (Å²) < 4.78 is 17.5. The van der Waals surface area contributed by atoms with Gasteiger partial charge in [0.2, 0.25) is 0 Å². The highest BCUT2D eigenvalue weighted by molar-refractivity contribution is 5.95. The molecule has 0 aliphatic rings. The second-order valence-corrected chi connectivity index (χ2v) is 7.51. The van der Waals surface area contributed by atoms with E-state index in [4.69, 9.17) is 4.98 Å². The molecule has 0 atom stereocenters. The van der Waals surface area contributed by atoms with Crippen LogP contribution >= 0.6 is 0 Å². The van der Waals surface area contributed by atoms with Gasteiger partial charge in [0.05, 0.1) is 16.6 Å². The van der Waals surface area contributed by atoms with Gasteiger partial charge in [-0.15, -0.1) is 0 Å². The van der Waals surface area contributed by atoms with Crippen molar-refractivity contribution in [2.75, 3.05) is 0 Å². The number of imidazole rings is 2. The largest absolute Gasteiger partial charge is 0.336 e. The number of nitrogens with one attached hydrogen (secondary N) is 2. The molecule has 9 nitrogen and oxygen atoms in total. The van der Waals surface area contributed by atoms with E-state index in [-0.39, 0.29) is 11.0 Å². The summed E-state index contributed by atoms with van der Waals surface area (Å²) in [5.74, 6) is 0.632. The number of aromatic amines is 2. The highest BCUT2D eigenvalue weighted by Gasteiger charge is 2.21. The first-order valence-electron chi connectivity index (χ1n) is 9.90. The van der Waals surface area contributed by atoms with Crippen LogP contribution in [-0.4, -0.2) is 44.7 Å². The number of nitrogens with zero attached hydrogens (tertiary/aromatic N) is 7. The van der Waals surface area contributed by atoms with Gasteiger partial charge in [-0.05, 0) is 31.5 Å². The van der Waals surface area contributed by atoms with E-state index in [1.54, 1.807) is 29.5 Å². The Morgan fingerprint density at radius 3 is 2.72 bits per heavy atom. The van der Waals surface area contributed by atoms with Crippen LogP contribution in [0.15, 0.2) is 49.4 Å². The fraction of sp³-hybridized carbons (Fsp3) is 0.0909. The number of hydrogen-bond acceptors (Lipinski definition) is 6. The van der Waals surface area contributed by atoms with Gasteiger partial charge in [0.25, 0.3) is 0 Å². The van der Waals surface area contributed by atoms with Gasteiger partial charge >= 0.3 is 0 Å². The van der Waals surface area contributed by atoms with Crippen molar-refractivity contribution in [1.82, 2.24) is 44.7 Å². The molecule has 0 fully saturated rings. The minimum absolute atomic E-state index is 0.262. The molecule has 6 rings (SSSR count). The maximum Gasteiger partial charge on any atom is 0.184 e. The average Bonchev–Trinajstić information content (AvgIpc) is 3.52. The van der Waals surface area contributed by atoms with E-state index in [1.165, 1.54) is 6.20 Å². The van der Waals surface area contributed by atoms with Crippen molar-refractivity contribution in [3.8, 4) is 28.5 Å². The van der Waals surface area contributed by atoms with E-state index in [2.05, 4.69) is 35.1 Å². The molecular weight excluding hydrogens is 409 g/mol. The van der Waals surface area contributed by atoms with Gasteiger partial charge in [-0.3, -0.25) is 14.6 Å². The van der Waals surface area contributed by atoms with Crippen LogP contribution in [0, 0.1) is 19.7 Å². The topological polar surface area (TPSA) is 114 Å². The third-order valence-electron chi connectivity index (χ3n) is 5.42. The van der Waals surface area contributed by atoms with Gasteiger partial charge < -0.3 is 4.98 Å². The van der Waals surface area contributed by atoms with Crippen LogP contribution in [0.3, 0.4) is 0 Å². The van der Waals surface area contributed by atoms with E-state index in [1.807, 2.05) is 32.2 Å². The van der Waals surface area contributed by atoms with Crippen LogP contribution in [0.4, 0.5) is 4.39 Å². The second-order valence-electron chi connectivity index (χ2n) is 7.51. The minimum Gasteiger partial charge on any atom is -0.336 e. The second kappa shape index (κ2) is 6.77. The van der Waals surface area contributed by atoms with Gasteiger partial charge in [0.1, 0.15) is 23.4 Å². The zero-order valence-electron chi connectivity index (χ0n) is 17.1. The Labute approximate surface area is 180 Å². The monoisotopic (exact) mass is 425 g/mol. The number of fused-ring (bicyclic) bond motifs is 2. The maximum absolute atomic E-state index is 15.7. The summed E-state index contributed by atoms with van der Waals surface area (Å²) >= 11 is 0. The Bertz CT molecular complexity index is 1630. The zero-order valence-corrected chi connectivity index (χ0v) is 17.1. The molecule has 6 aromatic rings. The molecule has 10 heteroatoms. The first kappa shape index (κ1) is 18.3. The average molecular weight is 425 g/mol. The number of aromatic nitrogens is 9. The van der Waals surface area contributed by atoms with Crippen molar-refractivity contribution < 1.29 is 4.39 Å². The van der Waals surface area contributed by atoms with Gasteiger partial charge in [0.15, 0.2) is 17.3 Å². The Balaban J connectivity index is 1.56. The van der Waals surface area contributed by atoms with E-state index in [9.17, 15) is 0 Å². The van der Waals surface area contributed by atoms with Crippen molar-refractivity contribution >= 4 is 22.1 Å². The van der Waals surface area contributed by atoms with Crippen molar-refractivity contribution in [2.24, 2.45) is 0 Å². The Morgan fingerprint density at radius 1 is 1.00 bits per heavy atom. The van der Waals surface area contributed by atoms with Gasteiger partial charge in [0, 0.05) is 42.1 Å². The lowest BCUT2D eigenvalue weighted by atomic mass is 10.0. The lowest BCUT2D eigenvalue weighted by Crippen LogP contribution is -1.95. The molecule has 0 unspecified atom stereocenters. The van der Waals surface area contributed by atoms with Crippen LogP contribution < -0.4 is 0 Å². The smallest absolute Gasteiger partial charge is 0.184 e. The highest BCUT2D eigenvalue weighted by Crippen LogP contribution is 2.33. The summed E-state index contributed by atoms with van der Waals surface area (Å²) in [4.78, 5) is 25.1. The molecule has 0 radical (unpaired) electrons. The molecule has 6 aromatic heterocycles. The summed E-state index contributed by atoms with van der Waals surface area (Å²) in [5, 5.41) is 7.33. The third kappa shape index (κ3) is 2.69. The maximum atomic E-state index is 15.7. The van der Waals surface area contributed by atoms with Crippen molar-refractivity contribution in [3.63, 3.8) is 0 Å². The van der Waals surface area contributed by atoms with Crippen LogP contribution in [0.2, 0.25) is 0 Å². The van der Waals surface area contributed by atoms with E-state index in [0.717, 1.165) is 16.8 Å². The number of H-pyrrole nitrogens is 2. The fourth-order valence-electron chi connectivity index (χ4n) is 3.82. The normalized spacial score (nSPS) is 11.6. The molecule has 32 heavy (non-hydrogen) atoms. The number of pyridine rings is 3. The third-order valence-corrected chi connectivity index (χ3v) is 5.42. The van der Waals surface area contributed by atoms with Gasteiger partial charge in [-0.1, -0.05) is 0 Å². The molecule has 0 saturated heterocycles. The van der Waals surface area contributed by atoms with Crippen molar-refractivity contribution in [2.45, 2.75) is 13.8 Å². The van der Waals surface area contributed by atoms with Gasteiger partial charge in [-0.25, -0.2) is 24.3 Å². The minimum atomic E-state index is -0.432. The Kier molecular flexibility index (Phi) is 3.88. The highest BCUT2D eigenvalue weighted by atomic mass is 19.1. The molecule has 0 saturated carbocycles. The zero-order chi connectivity index (χ0) is 21.8. The van der Waals surface area contributed by atoms with E-state index in [0.29, 0.717) is 34.0 Å². The van der Waals surface area contributed by atoms with Crippen LogP contribution in [0.1, 0.15) is 11.3 Å². The van der Waals surface area contributed by atoms with E-state index >= 15 is 4.39 Å². The summed E-state index contributed by atoms with van der Waals surface area (Å²) in [5.41, 5.74) is 4.88. The lowest BCUT2D eigenvalue weighted by molar-refractivity contribution is 0.642. The molecule has 156 valence electrons. The number of rotatable bonds is 3. The number of halogens is 1. The molecule has 0 aliphatic heterocycles. The van der Waals surface area contributed by atoms with Gasteiger partial charge in [-0.2, -0.15) is 5.10 Å². The van der Waals surface area contributed by atoms with Crippen molar-refractivity contribution in [3.05, 3.63) is 66.5 Å². The first-order chi connectivity index (χ1) is 15.6. The summed E-state index contributed by atoms with van der Waals surface area (Å²) in [7, 11) is 0. The molecule has 0 spiro atoms. The summed E-state index contributed by atoms with van der Waals surface area (Å²) in [6, 6.07) is 3.65. The first-order valence-corrected chi connectivity index (χ1v) is 9.90. The number of hydrogen-bond donors (Lipinski definition) is 2. The molecule has 6 heterocycles. The summed E-state index contributed by atoms with van der Waals surface area (Å²) in [6.07, 6.45) is 10.0. The SMILES string of the molecule is Cc1cn(-c2nccc3[nH]c(-c4[nH]nc5ncc(-c6cnccc6C)c(F)c45)nc23)cn1. The lowest BCUT2D eigenvalue weighted by Gasteiger charge is -2.06. The van der Waals surface area contributed by atoms with Crippen molar-refractivity contribution in [1.29, 1.82) is 0 Å². The molecular formula is C22H16FN9. The Hall–Kier alpha value is -4.47. The molecule has 0 amide bonds. The van der Waals surface area contributed by atoms with Crippen LogP contribution in [0.25, 0.3) is 50.5 Å². The van der Waals surface area contributed by atoms with Crippen LogP contribution in [0.5, 0.6) is 0 Å². The fourth-order valence-corrected chi connectivity index (χ4v) is 3.82. The molecule has 0 aromatic carbocycles.